The Balaban J connectivity index is 0.000000212. The molecule has 2 N–H and O–H groups in total. The third-order valence-corrected chi connectivity index (χ3v) is 12.5. The van der Waals surface area contributed by atoms with Crippen molar-refractivity contribution in [3.8, 4) is 12.1 Å². The van der Waals surface area contributed by atoms with E-state index in [9.17, 15) is 14.9 Å². The zero-order valence-electron chi connectivity index (χ0n) is 42.4. The number of piperidine rings is 2. The van der Waals surface area contributed by atoms with E-state index in [1.807, 2.05) is 120 Å². The molecule has 0 spiro atoms. The summed E-state index contributed by atoms with van der Waals surface area (Å²) in [5.41, 5.74) is 11.9. The molecule has 376 valence electrons. The van der Waals surface area contributed by atoms with Crippen molar-refractivity contribution in [3.05, 3.63) is 200 Å². The highest BCUT2D eigenvalue weighted by molar-refractivity contribution is 9.10. The predicted octanol–water partition coefficient (Wildman–Crippen LogP) is 13.7. The normalized spacial score (nSPS) is 14.3. The average molecular weight is 1100 g/mol. The van der Waals surface area contributed by atoms with Crippen LogP contribution >= 0.6 is 31.9 Å². The lowest BCUT2D eigenvalue weighted by Crippen LogP contribution is -2.43. The molecule has 10 nitrogen and oxygen atoms in total. The minimum atomic E-state index is -0.556. The molecular formula is C60H68Br2N6O4. The second-order valence-corrected chi connectivity index (χ2v) is 21.6. The van der Waals surface area contributed by atoms with E-state index in [4.69, 9.17) is 20.5 Å². The van der Waals surface area contributed by atoms with E-state index in [0.29, 0.717) is 28.3 Å². The Morgan fingerprint density at radius 2 is 0.958 bits per heavy atom. The Morgan fingerprint density at radius 3 is 1.40 bits per heavy atom. The van der Waals surface area contributed by atoms with Crippen LogP contribution in [-0.4, -0.2) is 71.2 Å². The van der Waals surface area contributed by atoms with E-state index in [0.717, 1.165) is 85.3 Å². The van der Waals surface area contributed by atoms with Gasteiger partial charge in [0.1, 0.15) is 11.2 Å². The van der Waals surface area contributed by atoms with Gasteiger partial charge in [-0.25, -0.2) is 9.59 Å². The summed E-state index contributed by atoms with van der Waals surface area (Å²) in [7, 11) is 0. The summed E-state index contributed by atoms with van der Waals surface area (Å²) in [6.07, 6.45) is 4.26. The first-order valence-electron chi connectivity index (χ1n) is 24.4. The number of anilines is 2. The number of hydrogen-bond donors (Lipinski definition) is 1. The van der Waals surface area contributed by atoms with Gasteiger partial charge in [-0.05, 0) is 164 Å². The number of benzene rings is 6. The predicted molar refractivity (Wildman–Crippen MR) is 297 cm³/mol. The molecule has 0 bridgehead atoms. The van der Waals surface area contributed by atoms with Gasteiger partial charge in [0, 0.05) is 58.6 Å². The number of esters is 2. The number of nitrogens with two attached hydrogens (primary N) is 1. The maximum absolute atomic E-state index is 12.8. The molecular weight excluding hydrogens is 1030 g/mol. The topological polar surface area (TPSA) is 136 Å². The van der Waals surface area contributed by atoms with E-state index in [1.165, 1.54) is 11.1 Å². The van der Waals surface area contributed by atoms with Crippen LogP contribution in [0, 0.1) is 22.7 Å². The van der Waals surface area contributed by atoms with Crippen molar-refractivity contribution in [2.45, 2.75) is 104 Å². The zero-order chi connectivity index (χ0) is 52.1. The number of halogens is 2. The number of hydrogen-bond acceptors (Lipinski definition) is 10. The summed E-state index contributed by atoms with van der Waals surface area (Å²) >= 11 is 6.55. The molecule has 0 aliphatic carbocycles. The van der Waals surface area contributed by atoms with Gasteiger partial charge >= 0.3 is 11.9 Å². The van der Waals surface area contributed by atoms with E-state index < -0.39 is 11.2 Å². The molecule has 2 fully saturated rings. The molecule has 0 saturated carbocycles. The molecule has 0 radical (unpaired) electrons. The monoisotopic (exact) mass is 1090 g/mol. The van der Waals surface area contributed by atoms with E-state index in [2.05, 4.69) is 107 Å². The molecule has 72 heavy (non-hydrogen) atoms. The van der Waals surface area contributed by atoms with Crippen LogP contribution in [-0.2, 0) is 22.6 Å². The first-order chi connectivity index (χ1) is 34.4. The van der Waals surface area contributed by atoms with Crippen molar-refractivity contribution < 1.29 is 19.1 Å². The highest BCUT2D eigenvalue weighted by Crippen LogP contribution is 2.34. The van der Waals surface area contributed by atoms with Gasteiger partial charge in [0.15, 0.2) is 0 Å². The van der Waals surface area contributed by atoms with Crippen LogP contribution in [0.15, 0.2) is 167 Å². The number of nitrogens with zero attached hydrogens (tertiary/aromatic N) is 5. The lowest BCUT2D eigenvalue weighted by atomic mass is 9.99. The van der Waals surface area contributed by atoms with E-state index >= 15 is 0 Å². The molecule has 2 heterocycles. The molecule has 6 aromatic carbocycles. The van der Waals surface area contributed by atoms with Crippen LogP contribution in [0.2, 0.25) is 0 Å². The third-order valence-electron chi connectivity index (χ3n) is 11.5. The molecule has 6 aromatic rings. The van der Waals surface area contributed by atoms with Crippen molar-refractivity contribution >= 4 is 55.2 Å². The summed E-state index contributed by atoms with van der Waals surface area (Å²) < 4.78 is 12.7. The number of nitriles is 2. The van der Waals surface area contributed by atoms with Gasteiger partial charge in [-0.15, -0.1) is 0 Å². The van der Waals surface area contributed by atoms with Crippen molar-refractivity contribution in [3.63, 3.8) is 0 Å². The third kappa shape index (κ3) is 20.2. The zero-order valence-corrected chi connectivity index (χ0v) is 45.6. The fourth-order valence-corrected chi connectivity index (χ4v) is 8.85. The highest BCUT2D eigenvalue weighted by atomic mass is 79.9. The molecule has 0 unspecified atom stereocenters. The largest absolute Gasteiger partial charge is 0.456 e. The lowest BCUT2D eigenvalue weighted by Gasteiger charge is -2.40. The van der Waals surface area contributed by atoms with Crippen molar-refractivity contribution in [1.82, 2.24) is 9.80 Å². The molecule has 0 aromatic heterocycles. The van der Waals surface area contributed by atoms with Gasteiger partial charge in [-0.3, -0.25) is 9.80 Å². The molecule has 0 atom stereocenters. The second-order valence-electron chi connectivity index (χ2n) is 19.8. The Bertz CT molecular complexity index is 2710. The molecule has 2 aliphatic rings. The molecule has 2 saturated heterocycles. The first kappa shape index (κ1) is 56.8. The first-order valence-corrected chi connectivity index (χ1v) is 26.0. The Kier molecular flexibility index (Phi) is 22.2. The number of likely N-dealkylation sites (tertiary alicyclic amines) is 2. The molecule has 0 amide bonds. The van der Waals surface area contributed by atoms with Crippen LogP contribution in [0.3, 0.4) is 0 Å². The molecule has 12 heteroatoms. The van der Waals surface area contributed by atoms with Crippen molar-refractivity contribution in [1.29, 1.82) is 10.5 Å². The Labute approximate surface area is 444 Å². The number of carbonyl (C=O) groups excluding carboxylic acids is 2. The minimum Gasteiger partial charge on any atom is -0.456 e. The van der Waals surface area contributed by atoms with Crippen molar-refractivity contribution in [2.24, 2.45) is 5.73 Å². The van der Waals surface area contributed by atoms with Gasteiger partial charge in [0.2, 0.25) is 0 Å². The fraction of sp³-hybridized carbons (Fsp3) is 0.333. The Morgan fingerprint density at radius 1 is 0.556 bits per heavy atom. The van der Waals surface area contributed by atoms with Gasteiger partial charge in [-0.1, -0.05) is 117 Å². The van der Waals surface area contributed by atoms with Crippen LogP contribution < -0.4 is 10.6 Å². The van der Waals surface area contributed by atoms with Gasteiger partial charge < -0.3 is 20.1 Å². The second kappa shape index (κ2) is 28.2. The number of rotatable bonds is 9. The fourth-order valence-electron chi connectivity index (χ4n) is 8.06. The molecule has 2 aliphatic heterocycles. The van der Waals surface area contributed by atoms with E-state index in [1.54, 1.807) is 30.3 Å². The van der Waals surface area contributed by atoms with E-state index in [-0.39, 0.29) is 18.0 Å². The quantitative estimate of drug-likeness (QED) is 0.139. The van der Waals surface area contributed by atoms with Gasteiger partial charge in [-0.2, -0.15) is 10.5 Å². The summed E-state index contributed by atoms with van der Waals surface area (Å²) in [6, 6.07) is 56.0. The number of carbonyl (C=O) groups is 2. The summed E-state index contributed by atoms with van der Waals surface area (Å²) in [5, 5.41) is 17.9. The van der Waals surface area contributed by atoms with Gasteiger partial charge in [0.25, 0.3) is 0 Å². The minimum absolute atomic E-state index is 0.254. The maximum Gasteiger partial charge on any atom is 0.338 e. The smallest absolute Gasteiger partial charge is 0.338 e. The standard InChI is InChI=1S/C30H33N3O2.C12H18N2.C11H13BrO2.C7H4BrN/c1-30(2,3)35-29(34)25-12-8-14-28(20-25)33(27-13-7-11-24(19-27)21-31)26-15-17-32(18-16-26)22-23-9-5-4-6-10-23;13-12-6-8-14(9-7-12)10-11-4-2-1-3-5-11;1-11(2,3)14-10(13)8-5-4-6-9(12)7-8;8-7-3-1-2-6(4-7)5-9/h4-14,19-20,26H,15-18,22H2,1-3H3;1-5,12H,6-10,13H2;4-7H,1-3H3;1-4H. The average Bonchev–Trinajstić information content (AvgIpc) is 3.36. The lowest BCUT2D eigenvalue weighted by molar-refractivity contribution is 0.00570. The van der Waals surface area contributed by atoms with Crippen LogP contribution in [0.4, 0.5) is 11.4 Å². The SMILES string of the molecule is CC(C)(C)OC(=O)c1cccc(Br)c1.CC(C)(C)OC(=O)c1cccc(N(c2cccc(C#N)c2)C2CCN(Cc3ccccc3)CC2)c1.N#Cc1cccc(Br)c1.NC1CCN(Cc2ccccc2)CC1. The Hall–Kier alpha value is -6.12. The summed E-state index contributed by atoms with van der Waals surface area (Å²) in [6.45, 7) is 17.5. The maximum atomic E-state index is 12.8. The summed E-state index contributed by atoms with van der Waals surface area (Å²) in [5.74, 6) is -0.624. The van der Waals surface area contributed by atoms with Crippen LogP contribution in [0.25, 0.3) is 0 Å². The highest BCUT2D eigenvalue weighted by Gasteiger charge is 2.28. The molecule has 8 rings (SSSR count). The summed E-state index contributed by atoms with van der Waals surface area (Å²) in [4.78, 5) is 31.6. The number of ether oxygens (including phenoxy) is 2. The van der Waals surface area contributed by atoms with Gasteiger partial charge in [0.05, 0.1) is 34.4 Å². The van der Waals surface area contributed by atoms with Crippen LogP contribution in [0.5, 0.6) is 0 Å². The van der Waals surface area contributed by atoms with Crippen molar-refractivity contribution in [2.75, 3.05) is 31.1 Å². The van der Waals surface area contributed by atoms with Crippen LogP contribution in [0.1, 0.15) is 110 Å².